The topological polar surface area (TPSA) is 124 Å². The number of carbonyl (C=O) groups is 5. The van der Waals surface area contributed by atoms with Crippen LogP contribution in [0.15, 0.2) is 12.2 Å². The van der Waals surface area contributed by atoms with Crippen molar-refractivity contribution in [2.75, 3.05) is 19.6 Å². The Labute approximate surface area is 176 Å². The molecule has 1 heterocycles. The maximum absolute atomic E-state index is 12.3. The number of nitrogens with zero attached hydrogens (tertiary/aromatic N) is 2. The zero-order valence-corrected chi connectivity index (χ0v) is 17.3. The molecular formula is C21H31N3O6. The Hall–Kier alpha value is -2.55. The molecule has 1 aliphatic carbocycles. The van der Waals surface area contributed by atoms with Gasteiger partial charge in [0.2, 0.25) is 11.8 Å². The highest BCUT2D eigenvalue weighted by Crippen LogP contribution is 2.30. The number of imide groups is 1. The molecule has 0 saturated heterocycles. The van der Waals surface area contributed by atoms with Gasteiger partial charge in [-0.2, -0.15) is 0 Å². The Morgan fingerprint density at radius 1 is 1.10 bits per heavy atom. The number of carbonyl (C=O) groups excluding carboxylic acids is 5. The Morgan fingerprint density at radius 3 is 2.40 bits per heavy atom. The zero-order chi connectivity index (χ0) is 21.9. The maximum atomic E-state index is 12.3. The van der Waals surface area contributed by atoms with Gasteiger partial charge in [0, 0.05) is 50.5 Å². The Balaban J connectivity index is 1.53. The van der Waals surface area contributed by atoms with E-state index in [1.807, 2.05) is 0 Å². The van der Waals surface area contributed by atoms with Gasteiger partial charge in [-0.05, 0) is 50.9 Å². The lowest BCUT2D eigenvalue weighted by Crippen LogP contribution is -2.38. The molecule has 0 spiro atoms. The highest BCUT2D eigenvalue weighted by atomic mass is 16.5. The number of hydrogen-bond acceptors (Lipinski definition) is 6. The van der Waals surface area contributed by atoms with Gasteiger partial charge >= 0.3 is 0 Å². The van der Waals surface area contributed by atoms with Crippen molar-refractivity contribution < 1.29 is 29.2 Å². The van der Waals surface area contributed by atoms with Gasteiger partial charge in [0.15, 0.2) is 0 Å². The average molecular weight is 421 g/mol. The second-order valence-electron chi connectivity index (χ2n) is 7.91. The fraction of sp³-hybridized carbons (Fsp3) is 0.667. The van der Waals surface area contributed by atoms with Crippen molar-refractivity contribution in [3.8, 4) is 0 Å². The maximum Gasteiger partial charge on any atom is 0.253 e. The number of unbranched alkanes of at least 4 members (excludes halogenated alkanes) is 2. The van der Waals surface area contributed by atoms with Crippen LogP contribution in [0.25, 0.3) is 0 Å². The Bertz CT molecular complexity index is 652. The Kier molecular flexibility index (Phi) is 9.66. The van der Waals surface area contributed by atoms with Gasteiger partial charge in [0.25, 0.3) is 11.8 Å². The molecule has 166 valence electrons. The standard InChI is InChI=1S/C21H31N3O6/c25-14-4-5-20(28)24(30)13-3-1-2-12-22-21(29)17-8-6-16(7-9-17)15-23-18(26)10-11-19(23)27/h10-11,14,16-17,30H,1-9,12-13,15H2,(H,22,29). The highest BCUT2D eigenvalue weighted by Gasteiger charge is 2.31. The van der Waals surface area contributed by atoms with Crippen LogP contribution in [0.2, 0.25) is 0 Å². The number of hydrogen-bond donors (Lipinski definition) is 2. The molecule has 0 aromatic carbocycles. The normalized spacial score (nSPS) is 21.0. The first-order valence-corrected chi connectivity index (χ1v) is 10.7. The number of rotatable bonds is 12. The first-order chi connectivity index (χ1) is 14.4. The van der Waals surface area contributed by atoms with Gasteiger partial charge < -0.3 is 10.1 Å². The molecule has 30 heavy (non-hydrogen) atoms. The minimum atomic E-state index is -0.458. The molecule has 9 heteroatoms. The third kappa shape index (κ3) is 7.37. The summed E-state index contributed by atoms with van der Waals surface area (Å²) in [5, 5.41) is 13.2. The van der Waals surface area contributed by atoms with Crippen LogP contribution in [-0.4, -0.2) is 64.7 Å². The fourth-order valence-corrected chi connectivity index (χ4v) is 3.83. The summed E-state index contributed by atoms with van der Waals surface area (Å²) < 4.78 is 0. The monoisotopic (exact) mass is 421 g/mol. The van der Waals surface area contributed by atoms with Crippen molar-refractivity contribution in [1.82, 2.24) is 15.3 Å². The summed E-state index contributed by atoms with van der Waals surface area (Å²) in [5.74, 6) is -0.716. The van der Waals surface area contributed by atoms with E-state index in [0.29, 0.717) is 30.9 Å². The van der Waals surface area contributed by atoms with E-state index in [0.717, 1.165) is 38.5 Å². The predicted octanol–water partition coefficient (Wildman–Crippen LogP) is 1.20. The van der Waals surface area contributed by atoms with Crippen LogP contribution in [0.5, 0.6) is 0 Å². The first-order valence-electron chi connectivity index (χ1n) is 10.7. The van der Waals surface area contributed by atoms with Crippen molar-refractivity contribution in [1.29, 1.82) is 0 Å². The molecule has 4 amide bonds. The summed E-state index contributed by atoms with van der Waals surface area (Å²) in [6, 6.07) is 0. The van der Waals surface area contributed by atoms with Gasteiger partial charge in [0.1, 0.15) is 6.29 Å². The van der Waals surface area contributed by atoms with Crippen LogP contribution in [0.3, 0.4) is 0 Å². The quantitative estimate of drug-likeness (QED) is 0.160. The predicted molar refractivity (Wildman–Crippen MR) is 107 cm³/mol. The number of amides is 4. The fourth-order valence-electron chi connectivity index (χ4n) is 3.83. The molecule has 0 atom stereocenters. The van der Waals surface area contributed by atoms with Gasteiger partial charge in [0.05, 0.1) is 0 Å². The number of aldehydes is 1. The van der Waals surface area contributed by atoms with Crippen LogP contribution in [0.4, 0.5) is 0 Å². The summed E-state index contributed by atoms with van der Waals surface area (Å²) in [6.45, 7) is 1.19. The van der Waals surface area contributed by atoms with Crippen LogP contribution < -0.4 is 5.32 Å². The lowest BCUT2D eigenvalue weighted by Gasteiger charge is -2.30. The van der Waals surface area contributed by atoms with E-state index < -0.39 is 5.91 Å². The van der Waals surface area contributed by atoms with Gasteiger partial charge in [-0.3, -0.25) is 29.3 Å². The number of hydroxylamine groups is 2. The van der Waals surface area contributed by atoms with E-state index in [4.69, 9.17) is 0 Å². The summed E-state index contributed by atoms with van der Waals surface area (Å²) in [6.07, 6.45) is 8.64. The second-order valence-corrected chi connectivity index (χ2v) is 7.91. The van der Waals surface area contributed by atoms with Crippen LogP contribution in [0.1, 0.15) is 57.8 Å². The van der Waals surface area contributed by atoms with Crippen LogP contribution >= 0.6 is 0 Å². The van der Waals surface area contributed by atoms with E-state index in [9.17, 15) is 29.2 Å². The third-order valence-electron chi connectivity index (χ3n) is 5.67. The van der Waals surface area contributed by atoms with Crippen LogP contribution in [0, 0.1) is 11.8 Å². The van der Waals surface area contributed by atoms with Gasteiger partial charge in [-0.1, -0.05) is 0 Å². The van der Waals surface area contributed by atoms with Crippen molar-refractivity contribution in [2.45, 2.75) is 57.8 Å². The lowest BCUT2D eigenvalue weighted by atomic mass is 9.81. The highest BCUT2D eigenvalue weighted by molar-refractivity contribution is 6.12. The molecule has 1 aliphatic heterocycles. The van der Waals surface area contributed by atoms with E-state index in [-0.39, 0.29) is 48.9 Å². The summed E-state index contributed by atoms with van der Waals surface area (Å²) in [7, 11) is 0. The van der Waals surface area contributed by atoms with Crippen LogP contribution in [-0.2, 0) is 24.0 Å². The molecule has 0 radical (unpaired) electrons. The SMILES string of the molecule is O=CCCC(=O)N(O)CCCCCNC(=O)C1CCC(CN2C(=O)C=CC2=O)CC1. The van der Waals surface area contributed by atoms with Crippen molar-refractivity contribution in [2.24, 2.45) is 11.8 Å². The van der Waals surface area contributed by atoms with Crippen molar-refractivity contribution >= 4 is 29.9 Å². The molecule has 0 aromatic heterocycles. The average Bonchev–Trinajstić information content (AvgIpc) is 3.06. The van der Waals surface area contributed by atoms with E-state index in [1.165, 1.54) is 17.1 Å². The number of nitrogens with one attached hydrogen (secondary N) is 1. The molecule has 0 unspecified atom stereocenters. The van der Waals surface area contributed by atoms with E-state index in [2.05, 4.69) is 5.32 Å². The summed E-state index contributed by atoms with van der Waals surface area (Å²) in [5.41, 5.74) is 0. The molecule has 0 bridgehead atoms. The van der Waals surface area contributed by atoms with E-state index in [1.54, 1.807) is 0 Å². The van der Waals surface area contributed by atoms with Gasteiger partial charge in [-0.15, -0.1) is 0 Å². The molecule has 2 rings (SSSR count). The lowest BCUT2D eigenvalue weighted by molar-refractivity contribution is -0.165. The molecule has 1 fully saturated rings. The minimum absolute atomic E-state index is 0.0137. The largest absolute Gasteiger partial charge is 0.356 e. The first kappa shape index (κ1) is 23.7. The zero-order valence-electron chi connectivity index (χ0n) is 17.3. The molecule has 2 aliphatic rings. The second kappa shape index (κ2) is 12.2. The van der Waals surface area contributed by atoms with Crippen molar-refractivity contribution in [3.05, 3.63) is 12.2 Å². The molecule has 2 N–H and O–H groups in total. The summed E-state index contributed by atoms with van der Waals surface area (Å²) >= 11 is 0. The van der Waals surface area contributed by atoms with E-state index >= 15 is 0 Å². The smallest absolute Gasteiger partial charge is 0.253 e. The Morgan fingerprint density at radius 2 is 1.77 bits per heavy atom. The molecule has 0 aromatic rings. The summed E-state index contributed by atoms with van der Waals surface area (Å²) in [4.78, 5) is 58.6. The molecule has 1 saturated carbocycles. The molecular weight excluding hydrogens is 390 g/mol. The van der Waals surface area contributed by atoms with Gasteiger partial charge in [-0.25, -0.2) is 5.06 Å². The van der Waals surface area contributed by atoms with Crippen molar-refractivity contribution in [3.63, 3.8) is 0 Å². The minimum Gasteiger partial charge on any atom is -0.356 e. The molecule has 9 nitrogen and oxygen atoms in total. The third-order valence-corrected chi connectivity index (χ3v) is 5.67.